The molecule has 0 N–H and O–H groups in total. The Morgan fingerprint density at radius 3 is 2.33 bits per heavy atom. The molecule has 0 unspecified atom stereocenters. The van der Waals surface area contributed by atoms with Crippen molar-refractivity contribution in [3.05, 3.63) is 46.5 Å². The third-order valence-corrected chi connectivity index (χ3v) is 5.30. The molecule has 0 aromatic heterocycles. The second kappa shape index (κ2) is 7.33. The molecule has 2 amide bonds. The van der Waals surface area contributed by atoms with Gasteiger partial charge in [-0.25, -0.2) is 0 Å². The van der Waals surface area contributed by atoms with Gasteiger partial charge in [0.15, 0.2) is 0 Å². The number of rotatable bonds is 7. The normalized spacial score (nSPS) is 19.4. The fourth-order valence-corrected chi connectivity index (χ4v) is 4.06. The fourth-order valence-electron chi connectivity index (χ4n) is 4.06. The highest BCUT2D eigenvalue weighted by atomic mass is 16.2. The molecule has 3 heteroatoms. The van der Waals surface area contributed by atoms with Crippen LogP contribution in [0.5, 0.6) is 0 Å². The van der Waals surface area contributed by atoms with Crippen LogP contribution in [-0.2, 0) is 28.9 Å². The zero-order valence-corrected chi connectivity index (χ0v) is 14.8. The van der Waals surface area contributed by atoms with Gasteiger partial charge < -0.3 is 0 Å². The van der Waals surface area contributed by atoms with E-state index in [0.717, 1.165) is 38.5 Å². The Labute approximate surface area is 144 Å². The van der Waals surface area contributed by atoms with Crippen molar-refractivity contribution in [1.29, 1.82) is 0 Å². The number of nitrogens with zero attached hydrogens (tertiary/aromatic N) is 1. The molecule has 1 atom stereocenters. The van der Waals surface area contributed by atoms with Gasteiger partial charge in [-0.1, -0.05) is 38.8 Å². The van der Waals surface area contributed by atoms with E-state index in [0.29, 0.717) is 0 Å². The lowest BCUT2D eigenvalue weighted by molar-refractivity contribution is -0.139. The Morgan fingerprint density at radius 2 is 1.67 bits per heavy atom. The predicted octanol–water partition coefficient (Wildman–Crippen LogP) is 4.28. The van der Waals surface area contributed by atoms with E-state index in [9.17, 15) is 9.59 Å². The highest BCUT2D eigenvalue weighted by molar-refractivity contribution is 6.13. The number of imide groups is 1. The van der Waals surface area contributed by atoms with Crippen LogP contribution >= 0.6 is 0 Å². The van der Waals surface area contributed by atoms with E-state index in [1.807, 2.05) is 0 Å². The number of fused-ring (bicyclic) bond motifs is 1. The Hall–Kier alpha value is -1.90. The van der Waals surface area contributed by atoms with E-state index in [-0.39, 0.29) is 17.9 Å². The molecule has 0 saturated carbocycles. The molecule has 1 aliphatic carbocycles. The molecule has 0 radical (unpaired) electrons. The van der Waals surface area contributed by atoms with E-state index in [1.54, 1.807) is 0 Å². The molecule has 3 rings (SSSR count). The van der Waals surface area contributed by atoms with Gasteiger partial charge in [0.25, 0.3) is 11.8 Å². The highest BCUT2D eigenvalue weighted by Gasteiger charge is 2.37. The largest absolute Gasteiger partial charge is 0.269 e. The Balaban J connectivity index is 2.00. The lowest BCUT2D eigenvalue weighted by Crippen LogP contribution is -2.33. The van der Waals surface area contributed by atoms with Gasteiger partial charge in [-0.15, -0.1) is 0 Å². The molecule has 0 bridgehead atoms. The number of hydrogen-bond acceptors (Lipinski definition) is 2. The minimum absolute atomic E-state index is 0.0663. The molecule has 3 nitrogen and oxygen atoms in total. The smallest absolute Gasteiger partial charge is 0.254 e. The van der Waals surface area contributed by atoms with Crippen LogP contribution in [0.3, 0.4) is 0 Å². The number of carbonyl (C=O) groups excluding carboxylic acids is 2. The van der Waals surface area contributed by atoms with E-state index in [2.05, 4.69) is 26.0 Å². The van der Waals surface area contributed by atoms with E-state index < -0.39 is 0 Å². The van der Waals surface area contributed by atoms with E-state index in [4.69, 9.17) is 0 Å². The summed E-state index contributed by atoms with van der Waals surface area (Å²) in [5, 5.41) is 0. The first kappa shape index (κ1) is 16.9. The summed E-state index contributed by atoms with van der Waals surface area (Å²) in [6.07, 6.45) is 11.5. The third kappa shape index (κ3) is 3.04. The molecule has 2 aliphatic rings. The average Bonchev–Trinajstić information content (AvgIpc) is 3.14. The summed E-state index contributed by atoms with van der Waals surface area (Å²) >= 11 is 0. The Morgan fingerprint density at radius 1 is 1.00 bits per heavy atom. The molecule has 0 saturated heterocycles. The molecule has 1 heterocycles. The monoisotopic (exact) mass is 325 g/mol. The summed E-state index contributed by atoms with van der Waals surface area (Å²) in [5.74, 6) is -0.309. The van der Waals surface area contributed by atoms with Crippen molar-refractivity contribution in [3.63, 3.8) is 0 Å². The van der Waals surface area contributed by atoms with Gasteiger partial charge in [-0.05, 0) is 60.8 Å². The second-order valence-electron chi connectivity index (χ2n) is 6.92. The van der Waals surface area contributed by atoms with Crippen LogP contribution in [0.15, 0.2) is 24.3 Å². The van der Waals surface area contributed by atoms with Gasteiger partial charge in [-0.3, -0.25) is 14.5 Å². The van der Waals surface area contributed by atoms with Crippen LogP contribution in [0.25, 0.3) is 0 Å². The van der Waals surface area contributed by atoms with E-state index >= 15 is 0 Å². The number of benzene rings is 1. The summed E-state index contributed by atoms with van der Waals surface area (Å²) in [6, 6.07) is 4.45. The van der Waals surface area contributed by atoms with Gasteiger partial charge in [0.05, 0.1) is 6.04 Å². The molecular weight excluding hydrogens is 298 g/mol. The summed E-state index contributed by atoms with van der Waals surface area (Å²) in [4.78, 5) is 25.8. The maximum Gasteiger partial charge on any atom is 0.254 e. The SMILES string of the molecule is CCCCc1ccc2c(c1CCCC)[C@@H](N1C(=O)C=CC1=O)CC2. The number of carbonyl (C=O) groups is 2. The number of aryl methyl sites for hydroxylation is 2. The molecule has 1 aromatic rings. The zero-order valence-electron chi connectivity index (χ0n) is 14.8. The van der Waals surface area contributed by atoms with Crippen molar-refractivity contribution in [3.8, 4) is 0 Å². The molecule has 1 aromatic carbocycles. The lowest BCUT2D eigenvalue weighted by atomic mass is 9.89. The van der Waals surface area contributed by atoms with E-state index in [1.165, 1.54) is 52.1 Å². The van der Waals surface area contributed by atoms with Gasteiger partial charge >= 0.3 is 0 Å². The van der Waals surface area contributed by atoms with Crippen LogP contribution in [0.1, 0.15) is 74.2 Å². The van der Waals surface area contributed by atoms with Crippen molar-refractivity contribution in [1.82, 2.24) is 4.90 Å². The van der Waals surface area contributed by atoms with Crippen LogP contribution in [0, 0.1) is 0 Å². The maximum atomic E-state index is 12.2. The standard InChI is InChI=1S/C21H27NO2/c1-3-5-7-15-9-10-16-11-12-18(21(16)17(15)8-6-4-2)22-19(23)13-14-20(22)24/h9-10,13-14,18H,3-8,11-12H2,1-2H3/t18-/m0/s1. The first-order valence-electron chi connectivity index (χ1n) is 9.36. The van der Waals surface area contributed by atoms with Crippen molar-refractivity contribution < 1.29 is 9.59 Å². The number of amides is 2. The van der Waals surface area contributed by atoms with Crippen LogP contribution < -0.4 is 0 Å². The topological polar surface area (TPSA) is 37.4 Å². The van der Waals surface area contributed by atoms with Crippen LogP contribution in [-0.4, -0.2) is 16.7 Å². The minimum atomic E-state index is -0.154. The summed E-state index contributed by atoms with van der Waals surface area (Å²) in [6.45, 7) is 4.43. The second-order valence-corrected chi connectivity index (χ2v) is 6.92. The summed E-state index contributed by atoms with van der Waals surface area (Å²) < 4.78 is 0. The molecule has 0 fully saturated rings. The number of hydrogen-bond donors (Lipinski definition) is 0. The summed E-state index contributed by atoms with van der Waals surface area (Å²) in [7, 11) is 0. The summed E-state index contributed by atoms with van der Waals surface area (Å²) in [5.41, 5.74) is 5.45. The van der Waals surface area contributed by atoms with Gasteiger partial charge in [-0.2, -0.15) is 0 Å². The van der Waals surface area contributed by atoms with Gasteiger partial charge in [0.2, 0.25) is 0 Å². The van der Waals surface area contributed by atoms with Crippen LogP contribution in [0.2, 0.25) is 0 Å². The third-order valence-electron chi connectivity index (χ3n) is 5.30. The first-order valence-corrected chi connectivity index (χ1v) is 9.36. The van der Waals surface area contributed by atoms with Crippen molar-refractivity contribution >= 4 is 11.8 Å². The first-order chi connectivity index (χ1) is 11.7. The lowest BCUT2D eigenvalue weighted by Gasteiger charge is -2.26. The van der Waals surface area contributed by atoms with Crippen molar-refractivity contribution in [2.45, 2.75) is 71.3 Å². The molecule has 24 heavy (non-hydrogen) atoms. The molecule has 0 spiro atoms. The minimum Gasteiger partial charge on any atom is -0.269 e. The maximum absolute atomic E-state index is 12.2. The quantitative estimate of drug-likeness (QED) is 0.702. The highest BCUT2D eigenvalue weighted by Crippen LogP contribution is 2.41. The molecule has 1 aliphatic heterocycles. The van der Waals surface area contributed by atoms with Crippen molar-refractivity contribution in [2.24, 2.45) is 0 Å². The molecule has 128 valence electrons. The Kier molecular flexibility index (Phi) is 5.17. The van der Waals surface area contributed by atoms with Gasteiger partial charge in [0, 0.05) is 12.2 Å². The fraction of sp³-hybridized carbons (Fsp3) is 0.524. The van der Waals surface area contributed by atoms with Crippen LogP contribution in [0.4, 0.5) is 0 Å². The van der Waals surface area contributed by atoms with Gasteiger partial charge in [0.1, 0.15) is 0 Å². The average molecular weight is 325 g/mol. The zero-order chi connectivity index (χ0) is 17.1. The predicted molar refractivity (Wildman–Crippen MR) is 95.7 cm³/mol. The number of unbranched alkanes of at least 4 members (excludes halogenated alkanes) is 2. The Bertz CT molecular complexity index is 657. The molecular formula is C21H27NO2. The van der Waals surface area contributed by atoms with Crippen molar-refractivity contribution in [2.75, 3.05) is 0 Å².